The van der Waals surface area contributed by atoms with Crippen molar-refractivity contribution >= 4 is 21.8 Å². The number of rotatable bonds is 4. The summed E-state index contributed by atoms with van der Waals surface area (Å²) >= 11 is 0. The fourth-order valence-electron chi connectivity index (χ4n) is 1.67. The Morgan fingerprint density at radius 1 is 1.33 bits per heavy atom. The highest BCUT2D eigenvalue weighted by atomic mass is 32.2. The Bertz CT molecular complexity index is 791. The van der Waals surface area contributed by atoms with Crippen LogP contribution in [-0.2, 0) is 10.0 Å². The van der Waals surface area contributed by atoms with Gasteiger partial charge in [-0.05, 0) is 31.2 Å². The molecule has 0 saturated carbocycles. The van der Waals surface area contributed by atoms with E-state index in [1.807, 2.05) is 0 Å². The standard InChI is InChI=1S/C13H11FN2O4S/c1-8-10(14)6-9(13(17)18)7-11(8)21(19,20)16-12-4-2-3-5-15-12/h2-7H,1H3,(H,15,16)(H,17,18). The van der Waals surface area contributed by atoms with Crippen LogP contribution in [0.15, 0.2) is 41.4 Å². The van der Waals surface area contributed by atoms with Gasteiger partial charge in [-0.25, -0.2) is 22.6 Å². The monoisotopic (exact) mass is 310 g/mol. The summed E-state index contributed by atoms with van der Waals surface area (Å²) in [6, 6.07) is 6.29. The van der Waals surface area contributed by atoms with Crippen molar-refractivity contribution < 1.29 is 22.7 Å². The van der Waals surface area contributed by atoms with E-state index in [1.54, 1.807) is 12.1 Å². The third-order valence-corrected chi connectivity index (χ3v) is 4.22. The molecule has 1 aromatic carbocycles. The van der Waals surface area contributed by atoms with Gasteiger partial charge in [0.05, 0.1) is 10.5 Å². The van der Waals surface area contributed by atoms with Crippen molar-refractivity contribution in [2.24, 2.45) is 0 Å². The molecule has 0 aliphatic rings. The number of carbonyl (C=O) groups is 1. The van der Waals surface area contributed by atoms with Gasteiger partial charge in [0.2, 0.25) is 0 Å². The number of nitrogens with one attached hydrogen (secondary N) is 1. The first-order valence-electron chi connectivity index (χ1n) is 5.78. The summed E-state index contributed by atoms with van der Waals surface area (Å²) in [5.41, 5.74) is -0.608. The van der Waals surface area contributed by atoms with E-state index < -0.39 is 32.3 Å². The maximum absolute atomic E-state index is 13.7. The smallest absolute Gasteiger partial charge is 0.335 e. The average molecular weight is 310 g/mol. The molecule has 0 spiro atoms. The summed E-state index contributed by atoms with van der Waals surface area (Å²) in [6.07, 6.45) is 1.39. The van der Waals surface area contributed by atoms with E-state index in [9.17, 15) is 17.6 Å². The average Bonchev–Trinajstić information content (AvgIpc) is 2.41. The summed E-state index contributed by atoms with van der Waals surface area (Å²) in [7, 11) is -4.14. The van der Waals surface area contributed by atoms with Gasteiger partial charge in [0.25, 0.3) is 10.0 Å². The Balaban J connectivity index is 2.52. The van der Waals surface area contributed by atoms with Gasteiger partial charge in [0, 0.05) is 11.8 Å². The number of aromatic nitrogens is 1. The minimum absolute atomic E-state index is 0.0537. The Morgan fingerprint density at radius 2 is 2.05 bits per heavy atom. The summed E-state index contributed by atoms with van der Waals surface area (Å²) in [5.74, 6) is -2.27. The number of benzene rings is 1. The predicted molar refractivity (Wildman–Crippen MR) is 73.1 cm³/mol. The van der Waals surface area contributed by atoms with Crippen LogP contribution in [0.5, 0.6) is 0 Å². The molecule has 2 aromatic rings. The van der Waals surface area contributed by atoms with Crippen molar-refractivity contribution in [2.45, 2.75) is 11.8 Å². The molecule has 21 heavy (non-hydrogen) atoms. The van der Waals surface area contributed by atoms with Crippen molar-refractivity contribution in [1.82, 2.24) is 4.98 Å². The van der Waals surface area contributed by atoms with E-state index in [-0.39, 0.29) is 11.4 Å². The first-order valence-corrected chi connectivity index (χ1v) is 7.27. The minimum atomic E-state index is -4.14. The fraction of sp³-hybridized carbons (Fsp3) is 0.0769. The van der Waals surface area contributed by atoms with E-state index in [0.717, 1.165) is 12.1 Å². The molecular formula is C13H11FN2O4S. The van der Waals surface area contributed by atoms with Gasteiger partial charge in [-0.1, -0.05) is 6.07 Å². The van der Waals surface area contributed by atoms with Crippen LogP contribution in [0.2, 0.25) is 0 Å². The van der Waals surface area contributed by atoms with Crippen molar-refractivity contribution in [2.75, 3.05) is 4.72 Å². The SMILES string of the molecule is Cc1c(F)cc(C(=O)O)cc1S(=O)(=O)Nc1ccccn1. The summed E-state index contributed by atoms with van der Waals surface area (Å²) in [4.78, 5) is 14.3. The molecule has 0 unspecified atom stereocenters. The van der Waals surface area contributed by atoms with Crippen molar-refractivity contribution in [3.8, 4) is 0 Å². The third kappa shape index (κ3) is 3.16. The molecule has 0 aliphatic heterocycles. The Kier molecular flexibility index (Phi) is 3.90. The molecule has 1 heterocycles. The van der Waals surface area contributed by atoms with Gasteiger partial charge >= 0.3 is 5.97 Å². The van der Waals surface area contributed by atoms with Gasteiger partial charge in [-0.15, -0.1) is 0 Å². The molecule has 8 heteroatoms. The zero-order valence-corrected chi connectivity index (χ0v) is 11.7. The van der Waals surface area contributed by atoms with Crippen LogP contribution in [0, 0.1) is 12.7 Å². The molecule has 2 rings (SSSR count). The lowest BCUT2D eigenvalue weighted by Crippen LogP contribution is -2.16. The van der Waals surface area contributed by atoms with E-state index in [4.69, 9.17) is 5.11 Å². The molecule has 0 atom stereocenters. The molecule has 0 aliphatic carbocycles. The quantitative estimate of drug-likeness (QED) is 0.900. The van der Waals surface area contributed by atoms with Crippen LogP contribution in [0.25, 0.3) is 0 Å². The van der Waals surface area contributed by atoms with E-state index in [0.29, 0.717) is 0 Å². The second-order valence-electron chi connectivity index (χ2n) is 4.21. The molecular weight excluding hydrogens is 299 g/mol. The summed E-state index contributed by atoms with van der Waals surface area (Å²) < 4.78 is 40.3. The van der Waals surface area contributed by atoms with Gasteiger partial charge in [0.15, 0.2) is 0 Å². The number of aromatic carboxylic acids is 1. The Hall–Kier alpha value is -2.48. The van der Waals surface area contributed by atoms with Crippen LogP contribution in [0.1, 0.15) is 15.9 Å². The number of carboxylic acid groups (broad SMARTS) is 1. The zero-order chi connectivity index (χ0) is 15.6. The number of sulfonamides is 1. The highest BCUT2D eigenvalue weighted by Gasteiger charge is 2.22. The van der Waals surface area contributed by atoms with Gasteiger partial charge in [0.1, 0.15) is 11.6 Å². The lowest BCUT2D eigenvalue weighted by molar-refractivity contribution is 0.0696. The topological polar surface area (TPSA) is 96.4 Å². The second-order valence-corrected chi connectivity index (χ2v) is 5.86. The summed E-state index contributed by atoms with van der Waals surface area (Å²) in [6.45, 7) is 1.26. The molecule has 0 bridgehead atoms. The molecule has 0 radical (unpaired) electrons. The highest BCUT2D eigenvalue weighted by Crippen LogP contribution is 2.22. The number of pyridine rings is 1. The Labute approximate surface area is 120 Å². The number of anilines is 1. The molecule has 0 saturated heterocycles. The van der Waals surface area contributed by atoms with E-state index >= 15 is 0 Å². The Morgan fingerprint density at radius 3 is 2.62 bits per heavy atom. The van der Waals surface area contributed by atoms with Crippen molar-refractivity contribution in [1.29, 1.82) is 0 Å². The number of carboxylic acids is 1. The van der Waals surface area contributed by atoms with Gasteiger partial charge in [-0.2, -0.15) is 0 Å². The van der Waals surface area contributed by atoms with Gasteiger partial charge < -0.3 is 5.11 Å². The number of hydrogen-bond donors (Lipinski definition) is 2. The molecule has 110 valence electrons. The minimum Gasteiger partial charge on any atom is -0.478 e. The van der Waals surface area contributed by atoms with Crippen LogP contribution < -0.4 is 4.72 Å². The maximum atomic E-state index is 13.7. The van der Waals surface area contributed by atoms with Crippen LogP contribution in [0.3, 0.4) is 0 Å². The molecule has 2 N–H and O–H groups in total. The lowest BCUT2D eigenvalue weighted by Gasteiger charge is -2.11. The molecule has 0 fully saturated rings. The normalized spacial score (nSPS) is 11.1. The van der Waals surface area contributed by atoms with E-state index in [2.05, 4.69) is 9.71 Å². The van der Waals surface area contributed by atoms with Crippen LogP contribution in [-0.4, -0.2) is 24.5 Å². The first-order chi connectivity index (χ1) is 9.81. The third-order valence-electron chi connectivity index (χ3n) is 2.74. The fourth-order valence-corrected chi connectivity index (χ4v) is 2.96. The number of nitrogens with zero attached hydrogens (tertiary/aromatic N) is 1. The van der Waals surface area contributed by atoms with Crippen molar-refractivity contribution in [3.63, 3.8) is 0 Å². The maximum Gasteiger partial charge on any atom is 0.335 e. The molecule has 1 aromatic heterocycles. The predicted octanol–water partition coefficient (Wildman–Crippen LogP) is 2.03. The second kappa shape index (κ2) is 5.49. The summed E-state index contributed by atoms with van der Waals surface area (Å²) in [5, 5.41) is 8.89. The number of hydrogen-bond acceptors (Lipinski definition) is 4. The number of halogens is 1. The highest BCUT2D eigenvalue weighted by molar-refractivity contribution is 7.92. The van der Waals surface area contributed by atoms with Crippen molar-refractivity contribution in [3.05, 3.63) is 53.5 Å². The van der Waals surface area contributed by atoms with E-state index in [1.165, 1.54) is 19.2 Å². The lowest BCUT2D eigenvalue weighted by atomic mass is 10.1. The largest absolute Gasteiger partial charge is 0.478 e. The molecule has 0 amide bonds. The first kappa shape index (κ1) is 14.9. The van der Waals surface area contributed by atoms with Gasteiger partial charge in [-0.3, -0.25) is 4.72 Å². The van der Waals surface area contributed by atoms with Crippen LogP contribution >= 0.6 is 0 Å². The molecule has 6 nitrogen and oxygen atoms in total. The zero-order valence-electron chi connectivity index (χ0n) is 10.9. The van der Waals surface area contributed by atoms with Crippen LogP contribution in [0.4, 0.5) is 10.2 Å².